The Labute approximate surface area is 111 Å². The lowest BCUT2D eigenvalue weighted by molar-refractivity contribution is -0.135. The normalized spacial score (nSPS) is 10.2. The Morgan fingerprint density at radius 3 is 2.47 bits per heavy atom. The fourth-order valence-corrected chi connectivity index (χ4v) is 1.57. The number of amides is 2. The third-order valence-electron chi connectivity index (χ3n) is 2.53. The molecule has 0 spiro atoms. The molecule has 0 radical (unpaired) electrons. The lowest BCUT2D eigenvalue weighted by atomic mass is 10.1. The van der Waals surface area contributed by atoms with E-state index in [9.17, 15) is 14.0 Å². The Hall–Kier alpha value is -1.95. The van der Waals surface area contributed by atoms with Gasteiger partial charge in [-0.15, -0.1) is 0 Å². The van der Waals surface area contributed by atoms with Crippen LogP contribution in [0.1, 0.15) is 5.56 Å². The Kier molecular flexibility index (Phi) is 5.95. The van der Waals surface area contributed by atoms with Crippen LogP contribution in [0.2, 0.25) is 0 Å². The Morgan fingerprint density at radius 2 is 1.95 bits per heavy atom. The number of hydrogen-bond donors (Lipinski definition) is 1. The maximum atomic E-state index is 12.7. The number of ether oxygens (including phenoxy) is 1. The van der Waals surface area contributed by atoms with Crippen LogP contribution >= 0.6 is 0 Å². The summed E-state index contributed by atoms with van der Waals surface area (Å²) in [4.78, 5) is 24.2. The molecule has 5 nitrogen and oxygen atoms in total. The van der Waals surface area contributed by atoms with Gasteiger partial charge in [0.25, 0.3) is 0 Å². The first-order valence-corrected chi connectivity index (χ1v) is 5.82. The lowest BCUT2D eigenvalue weighted by Gasteiger charge is -2.20. The van der Waals surface area contributed by atoms with Gasteiger partial charge in [-0.25, -0.2) is 4.39 Å². The third-order valence-corrected chi connectivity index (χ3v) is 2.53. The van der Waals surface area contributed by atoms with Crippen LogP contribution in [0.5, 0.6) is 0 Å². The highest BCUT2D eigenvalue weighted by atomic mass is 19.1. The van der Waals surface area contributed by atoms with Crippen molar-refractivity contribution in [1.82, 2.24) is 4.90 Å². The first kappa shape index (κ1) is 15.1. The lowest BCUT2D eigenvalue weighted by Crippen LogP contribution is -2.41. The Balaban J connectivity index is 2.64. The molecule has 1 rings (SSSR count). The van der Waals surface area contributed by atoms with Crippen LogP contribution in [0.4, 0.5) is 4.39 Å². The number of methoxy groups -OCH3 is 1. The minimum atomic E-state index is -0.580. The van der Waals surface area contributed by atoms with Gasteiger partial charge in [0.05, 0.1) is 19.6 Å². The number of carbonyl (C=O) groups is 2. The summed E-state index contributed by atoms with van der Waals surface area (Å²) in [6, 6.07) is 5.64. The predicted molar refractivity (Wildman–Crippen MR) is 67.8 cm³/mol. The number of primary amides is 1. The quantitative estimate of drug-likeness (QED) is 0.774. The number of nitrogens with zero attached hydrogens (tertiary/aromatic N) is 1. The van der Waals surface area contributed by atoms with E-state index in [1.807, 2.05) is 0 Å². The molecule has 104 valence electrons. The van der Waals surface area contributed by atoms with Crippen molar-refractivity contribution in [3.05, 3.63) is 35.6 Å². The molecular formula is C13H17FN2O3. The first-order valence-electron chi connectivity index (χ1n) is 5.82. The summed E-state index contributed by atoms with van der Waals surface area (Å²) in [6.07, 6.45) is 0.0945. The fourth-order valence-electron chi connectivity index (χ4n) is 1.57. The van der Waals surface area contributed by atoms with Crippen LogP contribution in [-0.2, 0) is 20.7 Å². The molecule has 0 aromatic heterocycles. The van der Waals surface area contributed by atoms with Gasteiger partial charge in [0.2, 0.25) is 11.8 Å². The number of halogens is 1. The van der Waals surface area contributed by atoms with E-state index >= 15 is 0 Å². The van der Waals surface area contributed by atoms with Crippen molar-refractivity contribution in [2.75, 3.05) is 26.8 Å². The molecule has 0 fully saturated rings. The molecule has 0 aliphatic heterocycles. The van der Waals surface area contributed by atoms with E-state index < -0.39 is 5.91 Å². The van der Waals surface area contributed by atoms with E-state index in [-0.39, 0.29) is 24.7 Å². The Bertz CT molecular complexity index is 434. The van der Waals surface area contributed by atoms with Crippen molar-refractivity contribution in [2.45, 2.75) is 6.42 Å². The Morgan fingerprint density at radius 1 is 1.32 bits per heavy atom. The van der Waals surface area contributed by atoms with E-state index in [0.717, 1.165) is 0 Å². The van der Waals surface area contributed by atoms with Crippen LogP contribution in [0.15, 0.2) is 24.3 Å². The van der Waals surface area contributed by atoms with Crippen LogP contribution in [0.25, 0.3) is 0 Å². The molecule has 0 aliphatic rings. The van der Waals surface area contributed by atoms with E-state index in [4.69, 9.17) is 10.5 Å². The van der Waals surface area contributed by atoms with Crippen LogP contribution in [0, 0.1) is 5.82 Å². The molecular weight excluding hydrogens is 251 g/mol. The van der Waals surface area contributed by atoms with Gasteiger partial charge in [0.15, 0.2) is 0 Å². The monoisotopic (exact) mass is 268 g/mol. The molecule has 0 saturated carbocycles. The van der Waals surface area contributed by atoms with E-state index in [0.29, 0.717) is 18.7 Å². The number of rotatable bonds is 7. The molecule has 1 aromatic carbocycles. The minimum absolute atomic E-state index is 0.0945. The predicted octanol–water partition coefficient (Wildman–Crippen LogP) is 0.329. The summed E-state index contributed by atoms with van der Waals surface area (Å²) < 4.78 is 17.6. The smallest absolute Gasteiger partial charge is 0.237 e. The maximum Gasteiger partial charge on any atom is 0.237 e. The zero-order chi connectivity index (χ0) is 14.3. The van der Waals surface area contributed by atoms with Crippen LogP contribution < -0.4 is 5.73 Å². The highest BCUT2D eigenvalue weighted by molar-refractivity contribution is 5.85. The van der Waals surface area contributed by atoms with Gasteiger partial charge < -0.3 is 15.4 Å². The topological polar surface area (TPSA) is 72.6 Å². The second kappa shape index (κ2) is 7.48. The summed E-state index contributed by atoms with van der Waals surface area (Å²) in [6.45, 7) is 0.464. The molecule has 6 heteroatoms. The first-order chi connectivity index (χ1) is 9.02. The zero-order valence-electron chi connectivity index (χ0n) is 10.8. The van der Waals surface area contributed by atoms with E-state index in [1.165, 1.54) is 36.3 Å². The third kappa shape index (κ3) is 5.48. The van der Waals surface area contributed by atoms with Crippen LogP contribution in [0.3, 0.4) is 0 Å². The molecule has 19 heavy (non-hydrogen) atoms. The summed E-state index contributed by atoms with van der Waals surface area (Å²) in [5.41, 5.74) is 5.77. The summed E-state index contributed by atoms with van der Waals surface area (Å²) >= 11 is 0. The molecule has 0 atom stereocenters. The summed E-state index contributed by atoms with van der Waals surface area (Å²) in [5.74, 6) is -1.18. The van der Waals surface area contributed by atoms with Gasteiger partial charge in [0.1, 0.15) is 5.82 Å². The van der Waals surface area contributed by atoms with E-state index in [2.05, 4.69) is 0 Å². The second-order valence-corrected chi connectivity index (χ2v) is 4.08. The highest BCUT2D eigenvalue weighted by Crippen LogP contribution is 2.05. The molecule has 0 unspecified atom stereocenters. The average molecular weight is 268 g/mol. The summed E-state index contributed by atoms with van der Waals surface area (Å²) in [7, 11) is 1.51. The molecule has 0 aliphatic carbocycles. The molecule has 2 amide bonds. The SMILES string of the molecule is COCCN(CC(N)=O)C(=O)Cc1ccc(F)cc1. The standard InChI is InChI=1S/C13H17FN2O3/c1-19-7-6-16(9-12(15)17)13(18)8-10-2-4-11(14)5-3-10/h2-5H,6-9H2,1H3,(H2,15,17). The van der Waals surface area contributed by atoms with Crippen molar-refractivity contribution in [1.29, 1.82) is 0 Å². The number of benzene rings is 1. The molecule has 0 saturated heterocycles. The zero-order valence-corrected chi connectivity index (χ0v) is 10.8. The molecule has 1 aromatic rings. The van der Waals surface area contributed by atoms with Crippen molar-refractivity contribution in [2.24, 2.45) is 5.73 Å². The van der Waals surface area contributed by atoms with Gasteiger partial charge in [-0.3, -0.25) is 9.59 Å². The number of carbonyl (C=O) groups excluding carboxylic acids is 2. The number of nitrogens with two attached hydrogens (primary N) is 1. The van der Waals surface area contributed by atoms with Crippen molar-refractivity contribution < 1.29 is 18.7 Å². The molecule has 0 heterocycles. The van der Waals surface area contributed by atoms with Gasteiger partial charge in [-0.05, 0) is 17.7 Å². The highest BCUT2D eigenvalue weighted by Gasteiger charge is 2.15. The van der Waals surface area contributed by atoms with Gasteiger partial charge in [-0.2, -0.15) is 0 Å². The van der Waals surface area contributed by atoms with E-state index in [1.54, 1.807) is 0 Å². The van der Waals surface area contributed by atoms with Crippen LogP contribution in [-0.4, -0.2) is 43.5 Å². The van der Waals surface area contributed by atoms with Gasteiger partial charge >= 0.3 is 0 Å². The second-order valence-electron chi connectivity index (χ2n) is 4.08. The largest absolute Gasteiger partial charge is 0.383 e. The molecule has 0 bridgehead atoms. The molecule has 2 N–H and O–H groups in total. The van der Waals surface area contributed by atoms with Crippen molar-refractivity contribution >= 4 is 11.8 Å². The minimum Gasteiger partial charge on any atom is -0.383 e. The van der Waals surface area contributed by atoms with Crippen molar-refractivity contribution in [3.8, 4) is 0 Å². The summed E-state index contributed by atoms with van der Waals surface area (Å²) in [5, 5.41) is 0. The number of hydrogen-bond acceptors (Lipinski definition) is 3. The maximum absolute atomic E-state index is 12.7. The van der Waals surface area contributed by atoms with Gasteiger partial charge in [0, 0.05) is 13.7 Å². The van der Waals surface area contributed by atoms with Gasteiger partial charge in [-0.1, -0.05) is 12.1 Å². The van der Waals surface area contributed by atoms with Crippen molar-refractivity contribution in [3.63, 3.8) is 0 Å². The average Bonchev–Trinajstić information content (AvgIpc) is 2.36. The fraction of sp³-hybridized carbons (Fsp3) is 0.385.